The van der Waals surface area contributed by atoms with Crippen LogP contribution >= 0.6 is 0 Å². The van der Waals surface area contributed by atoms with Crippen molar-refractivity contribution in [1.29, 1.82) is 0 Å². The maximum atomic E-state index is 4.35. The zero-order chi connectivity index (χ0) is 12.0. The van der Waals surface area contributed by atoms with E-state index in [0.717, 1.165) is 25.3 Å². The average Bonchev–Trinajstić information content (AvgIpc) is 2.58. The zero-order valence-electron chi connectivity index (χ0n) is 10.7. The third-order valence-corrected chi connectivity index (χ3v) is 2.47. The average molecular weight is 219 g/mol. The van der Waals surface area contributed by atoms with Gasteiger partial charge in [0, 0.05) is 31.7 Å². The van der Waals surface area contributed by atoms with Gasteiger partial charge in [0.15, 0.2) is 0 Å². The van der Waals surface area contributed by atoms with Gasteiger partial charge in [-0.25, -0.2) is 4.98 Å². The second kappa shape index (κ2) is 6.34. The molecule has 3 nitrogen and oxygen atoms in total. The molecule has 0 aliphatic heterocycles. The van der Waals surface area contributed by atoms with Crippen molar-refractivity contribution in [3.63, 3.8) is 0 Å². The molecule has 0 amide bonds. The summed E-state index contributed by atoms with van der Waals surface area (Å²) < 4.78 is 2.24. The first-order valence-electron chi connectivity index (χ1n) is 5.79. The molecule has 0 aromatic carbocycles. The molecule has 0 bridgehead atoms. The lowest BCUT2D eigenvalue weighted by Gasteiger charge is -2.11. The maximum Gasteiger partial charge on any atom is 0.105 e. The zero-order valence-corrected chi connectivity index (χ0v) is 10.7. The number of nitrogens with zero attached hydrogens (tertiary/aromatic N) is 2. The molecule has 0 spiro atoms. The third kappa shape index (κ3) is 3.71. The molecule has 0 radical (unpaired) electrons. The van der Waals surface area contributed by atoms with Crippen LogP contribution in [0.4, 0.5) is 0 Å². The Morgan fingerprint density at radius 1 is 1.50 bits per heavy atom. The molecule has 0 aliphatic carbocycles. The fourth-order valence-corrected chi connectivity index (χ4v) is 1.56. The van der Waals surface area contributed by atoms with Crippen molar-refractivity contribution in [2.75, 3.05) is 0 Å². The van der Waals surface area contributed by atoms with Gasteiger partial charge < -0.3 is 9.88 Å². The van der Waals surface area contributed by atoms with E-state index in [1.165, 1.54) is 5.69 Å². The summed E-state index contributed by atoms with van der Waals surface area (Å²) in [5.41, 5.74) is 1.24. The predicted molar refractivity (Wildman–Crippen MR) is 67.0 cm³/mol. The summed E-state index contributed by atoms with van der Waals surface area (Å²) in [7, 11) is 0. The van der Waals surface area contributed by atoms with E-state index in [1.807, 2.05) is 20.0 Å². The first-order valence-corrected chi connectivity index (χ1v) is 5.79. The van der Waals surface area contributed by atoms with E-state index in [9.17, 15) is 0 Å². The molecule has 0 saturated heterocycles. The number of aryl methyl sites for hydroxylation is 1. The Bertz CT molecular complexity index is 380. The van der Waals surface area contributed by atoms with E-state index >= 15 is 0 Å². The minimum Gasteiger partial charge on any atom is -0.330 e. The minimum atomic E-state index is 0.499. The lowest BCUT2D eigenvalue weighted by molar-refractivity contribution is 0.553. The van der Waals surface area contributed by atoms with E-state index in [-0.39, 0.29) is 0 Å². The van der Waals surface area contributed by atoms with E-state index in [2.05, 4.69) is 40.6 Å². The first-order chi connectivity index (χ1) is 7.65. The van der Waals surface area contributed by atoms with Crippen molar-refractivity contribution in [2.45, 2.75) is 53.2 Å². The smallest absolute Gasteiger partial charge is 0.105 e. The number of hydrogen-bond donors (Lipinski definition) is 1. The molecule has 0 saturated carbocycles. The number of nitrogens with one attached hydrogen (secondary N) is 1. The summed E-state index contributed by atoms with van der Waals surface area (Å²) in [6.45, 7) is 10.0. The van der Waals surface area contributed by atoms with Gasteiger partial charge in [0.1, 0.15) is 5.82 Å². The van der Waals surface area contributed by atoms with E-state index < -0.39 is 0 Å². The van der Waals surface area contributed by atoms with E-state index in [1.54, 1.807) is 0 Å². The van der Waals surface area contributed by atoms with Gasteiger partial charge in [0.25, 0.3) is 0 Å². The lowest BCUT2D eigenvalue weighted by Crippen LogP contribution is -2.23. The lowest BCUT2D eigenvalue weighted by atomic mass is 10.3. The van der Waals surface area contributed by atoms with Crippen LogP contribution in [0.5, 0.6) is 0 Å². The van der Waals surface area contributed by atoms with Gasteiger partial charge in [-0.2, -0.15) is 0 Å². The van der Waals surface area contributed by atoms with Crippen LogP contribution in [0.15, 0.2) is 6.20 Å². The van der Waals surface area contributed by atoms with Crippen LogP contribution in [0.2, 0.25) is 0 Å². The molecule has 0 fully saturated rings. The Kier molecular flexibility index (Phi) is 5.07. The number of imidazole rings is 1. The highest BCUT2D eigenvalue weighted by molar-refractivity contribution is 5.05. The van der Waals surface area contributed by atoms with Crippen molar-refractivity contribution < 1.29 is 0 Å². The summed E-state index contributed by atoms with van der Waals surface area (Å²) >= 11 is 0. The summed E-state index contributed by atoms with van der Waals surface area (Å²) in [6.07, 6.45) is 2.84. The normalized spacial score (nSPS) is 10.3. The van der Waals surface area contributed by atoms with Crippen LogP contribution in [0, 0.1) is 18.8 Å². The molecule has 3 heteroatoms. The summed E-state index contributed by atoms with van der Waals surface area (Å²) in [5.74, 6) is 7.07. The quantitative estimate of drug-likeness (QED) is 0.769. The molecular weight excluding hydrogens is 198 g/mol. The molecule has 0 aliphatic rings. The number of aromatic nitrogens is 2. The van der Waals surface area contributed by atoms with Crippen LogP contribution in [-0.4, -0.2) is 15.6 Å². The summed E-state index contributed by atoms with van der Waals surface area (Å²) in [5, 5.41) is 3.41. The molecular formula is C13H21N3. The number of rotatable bonds is 5. The van der Waals surface area contributed by atoms with Crippen LogP contribution in [0.3, 0.4) is 0 Å². The van der Waals surface area contributed by atoms with Crippen LogP contribution in [0.25, 0.3) is 0 Å². The molecule has 0 atom stereocenters. The maximum absolute atomic E-state index is 4.35. The topological polar surface area (TPSA) is 29.9 Å². The van der Waals surface area contributed by atoms with Crippen molar-refractivity contribution in [1.82, 2.24) is 14.9 Å². The second-order valence-corrected chi connectivity index (χ2v) is 4.16. The highest BCUT2D eigenvalue weighted by Gasteiger charge is 2.05. The Morgan fingerprint density at radius 2 is 2.25 bits per heavy atom. The highest BCUT2D eigenvalue weighted by Crippen LogP contribution is 2.06. The molecule has 0 unspecified atom stereocenters. The second-order valence-electron chi connectivity index (χ2n) is 4.16. The van der Waals surface area contributed by atoms with Crippen molar-refractivity contribution in [3.05, 3.63) is 17.7 Å². The predicted octanol–water partition coefficient (Wildman–Crippen LogP) is 2.10. The molecule has 88 valence electrons. The Balaban J connectivity index is 2.64. The van der Waals surface area contributed by atoms with E-state index in [0.29, 0.717) is 6.04 Å². The Morgan fingerprint density at radius 3 is 2.88 bits per heavy atom. The standard InChI is InChI=1S/C13H21N3/c1-5-6-7-8-16-12(4)15-10-13(16)9-14-11(2)3/h10-11,14H,7-9H2,1-4H3. The van der Waals surface area contributed by atoms with E-state index in [4.69, 9.17) is 0 Å². The van der Waals surface area contributed by atoms with Gasteiger partial charge in [-0.05, 0) is 13.8 Å². The van der Waals surface area contributed by atoms with Gasteiger partial charge in [0.2, 0.25) is 0 Å². The first kappa shape index (κ1) is 12.8. The van der Waals surface area contributed by atoms with Gasteiger partial charge in [-0.1, -0.05) is 13.8 Å². The fourth-order valence-electron chi connectivity index (χ4n) is 1.56. The molecule has 1 heterocycles. The molecule has 1 rings (SSSR count). The van der Waals surface area contributed by atoms with Gasteiger partial charge in [0.05, 0.1) is 5.69 Å². The van der Waals surface area contributed by atoms with Crippen molar-refractivity contribution in [3.8, 4) is 11.8 Å². The molecule has 1 N–H and O–H groups in total. The fraction of sp³-hybridized carbons (Fsp3) is 0.615. The van der Waals surface area contributed by atoms with Crippen molar-refractivity contribution in [2.24, 2.45) is 0 Å². The number of hydrogen-bond acceptors (Lipinski definition) is 2. The molecule has 1 aromatic rings. The SMILES string of the molecule is CC#CCCn1c(CNC(C)C)cnc1C. The Labute approximate surface area is 98.3 Å². The highest BCUT2D eigenvalue weighted by atomic mass is 15.1. The van der Waals surface area contributed by atoms with Gasteiger partial charge >= 0.3 is 0 Å². The van der Waals surface area contributed by atoms with Gasteiger partial charge in [-0.15, -0.1) is 11.8 Å². The van der Waals surface area contributed by atoms with Crippen LogP contribution in [-0.2, 0) is 13.1 Å². The molecule has 1 aromatic heterocycles. The van der Waals surface area contributed by atoms with Gasteiger partial charge in [-0.3, -0.25) is 0 Å². The molecule has 16 heavy (non-hydrogen) atoms. The summed E-state index contributed by atoms with van der Waals surface area (Å²) in [6, 6.07) is 0.499. The summed E-state index contributed by atoms with van der Waals surface area (Å²) in [4.78, 5) is 4.35. The van der Waals surface area contributed by atoms with Crippen LogP contribution < -0.4 is 5.32 Å². The van der Waals surface area contributed by atoms with Crippen molar-refractivity contribution >= 4 is 0 Å². The monoisotopic (exact) mass is 219 g/mol. The van der Waals surface area contributed by atoms with Crippen LogP contribution in [0.1, 0.15) is 38.7 Å². The Hall–Kier alpha value is -1.27. The third-order valence-electron chi connectivity index (χ3n) is 2.47. The largest absolute Gasteiger partial charge is 0.330 e. The minimum absolute atomic E-state index is 0.499.